The molecular formula is C13H27N. The summed E-state index contributed by atoms with van der Waals surface area (Å²) in [5.41, 5.74) is 0.770. The van der Waals surface area contributed by atoms with E-state index in [1.54, 1.807) is 0 Å². The van der Waals surface area contributed by atoms with Gasteiger partial charge < -0.3 is 5.32 Å². The lowest BCUT2D eigenvalue weighted by Crippen LogP contribution is -2.51. The Labute approximate surface area is 89.7 Å². The van der Waals surface area contributed by atoms with Gasteiger partial charge in [-0.2, -0.15) is 0 Å². The molecule has 1 aliphatic heterocycles. The van der Waals surface area contributed by atoms with E-state index in [-0.39, 0.29) is 0 Å². The summed E-state index contributed by atoms with van der Waals surface area (Å²) in [5.74, 6) is 2.05. The zero-order chi connectivity index (χ0) is 10.6. The van der Waals surface area contributed by atoms with Crippen molar-refractivity contribution in [2.75, 3.05) is 13.1 Å². The van der Waals surface area contributed by atoms with Gasteiger partial charge >= 0.3 is 0 Å². The monoisotopic (exact) mass is 197 g/mol. The highest BCUT2D eigenvalue weighted by atomic mass is 14.9. The Bertz CT molecular complexity index is 159. The van der Waals surface area contributed by atoms with Crippen molar-refractivity contribution >= 4 is 0 Å². The van der Waals surface area contributed by atoms with Crippen molar-refractivity contribution in [3.05, 3.63) is 0 Å². The van der Waals surface area contributed by atoms with Crippen LogP contribution in [0.15, 0.2) is 0 Å². The van der Waals surface area contributed by atoms with Gasteiger partial charge in [-0.3, -0.25) is 0 Å². The van der Waals surface area contributed by atoms with Crippen molar-refractivity contribution in [1.29, 1.82) is 0 Å². The molecule has 1 heterocycles. The molecule has 1 saturated carbocycles. The van der Waals surface area contributed by atoms with Gasteiger partial charge in [-0.15, -0.1) is 0 Å². The molecule has 2 unspecified atom stereocenters. The van der Waals surface area contributed by atoms with E-state index in [0.29, 0.717) is 0 Å². The van der Waals surface area contributed by atoms with E-state index in [2.05, 4.69) is 19.2 Å². The first-order chi connectivity index (χ1) is 6.78. The van der Waals surface area contributed by atoms with Crippen LogP contribution in [0.3, 0.4) is 0 Å². The van der Waals surface area contributed by atoms with Crippen LogP contribution in [0, 0.1) is 17.3 Å². The number of nitrogens with one attached hydrogen (secondary N) is 1. The molecule has 0 aromatic carbocycles. The predicted octanol–water partition coefficient (Wildman–Crippen LogP) is 3.45. The van der Waals surface area contributed by atoms with E-state index in [9.17, 15) is 0 Å². The molecule has 1 heteroatoms. The van der Waals surface area contributed by atoms with Gasteiger partial charge in [0.15, 0.2) is 0 Å². The molecule has 0 radical (unpaired) electrons. The zero-order valence-electron chi connectivity index (χ0n) is 10.4. The summed E-state index contributed by atoms with van der Waals surface area (Å²) in [4.78, 5) is 0. The maximum Gasteiger partial charge on any atom is -0.00435 e. The number of piperidine rings is 1. The summed E-state index contributed by atoms with van der Waals surface area (Å²) < 4.78 is 0. The largest absolute Gasteiger partial charge is 0.317 e. The standard InChI is InChI=1S/C11H21N.C2H6/c1-3-10-8-11(9(10)2)4-6-12-7-5-11;1-2/h9-10,12H,3-8H2,1-2H3;1-2H3. The minimum absolute atomic E-state index is 0.770. The smallest absolute Gasteiger partial charge is 0.00435 e. The van der Waals surface area contributed by atoms with Crippen molar-refractivity contribution in [3.63, 3.8) is 0 Å². The fraction of sp³-hybridized carbons (Fsp3) is 1.00. The van der Waals surface area contributed by atoms with Gasteiger partial charge in [0.1, 0.15) is 0 Å². The van der Waals surface area contributed by atoms with E-state index in [0.717, 1.165) is 17.3 Å². The molecule has 2 rings (SSSR count). The first-order valence-electron chi connectivity index (χ1n) is 6.49. The van der Waals surface area contributed by atoms with Gasteiger partial charge in [0.25, 0.3) is 0 Å². The van der Waals surface area contributed by atoms with Gasteiger partial charge in [0.05, 0.1) is 0 Å². The van der Waals surface area contributed by atoms with Crippen LogP contribution in [0.25, 0.3) is 0 Å². The van der Waals surface area contributed by atoms with Gasteiger partial charge in [0.2, 0.25) is 0 Å². The Morgan fingerprint density at radius 3 is 2.21 bits per heavy atom. The van der Waals surface area contributed by atoms with Crippen molar-refractivity contribution in [3.8, 4) is 0 Å². The van der Waals surface area contributed by atoms with Crippen LogP contribution in [0.1, 0.15) is 53.4 Å². The second kappa shape index (κ2) is 5.16. The minimum Gasteiger partial charge on any atom is -0.317 e. The van der Waals surface area contributed by atoms with E-state index in [4.69, 9.17) is 0 Å². The summed E-state index contributed by atoms with van der Waals surface area (Å²) in [5, 5.41) is 3.46. The van der Waals surface area contributed by atoms with E-state index < -0.39 is 0 Å². The fourth-order valence-corrected chi connectivity index (χ4v) is 3.31. The lowest BCUT2D eigenvalue weighted by Gasteiger charge is -2.56. The molecule has 1 nitrogen and oxygen atoms in total. The van der Waals surface area contributed by atoms with E-state index in [1.807, 2.05) is 13.8 Å². The third-order valence-electron chi connectivity index (χ3n) is 4.47. The normalized spacial score (nSPS) is 34.3. The minimum atomic E-state index is 0.770. The Kier molecular flexibility index (Phi) is 4.43. The van der Waals surface area contributed by atoms with Crippen molar-refractivity contribution < 1.29 is 0 Å². The summed E-state index contributed by atoms with van der Waals surface area (Å²) >= 11 is 0. The molecular weight excluding hydrogens is 170 g/mol. The predicted molar refractivity (Wildman–Crippen MR) is 63.4 cm³/mol. The molecule has 0 aromatic rings. The van der Waals surface area contributed by atoms with Gasteiger partial charge in [-0.25, -0.2) is 0 Å². The second-order valence-electron chi connectivity index (χ2n) is 4.77. The summed E-state index contributed by atoms with van der Waals surface area (Å²) in [6.45, 7) is 11.3. The van der Waals surface area contributed by atoms with Crippen molar-refractivity contribution in [1.82, 2.24) is 5.32 Å². The van der Waals surface area contributed by atoms with Crippen LogP contribution in [0.2, 0.25) is 0 Å². The molecule has 1 spiro atoms. The lowest BCUT2D eigenvalue weighted by molar-refractivity contribution is -0.0569. The average Bonchev–Trinajstić information content (AvgIpc) is 2.29. The van der Waals surface area contributed by atoms with Crippen LogP contribution in [-0.4, -0.2) is 13.1 Å². The number of hydrogen-bond acceptors (Lipinski definition) is 1. The maximum absolute atomic E-state index is 3.46. The van der Waals surface area contributed by atoms with Crippen LogP contribution < -0.4 is 5.32 Å². The third-order valence-corrected chi connectivity index (χ3v) is 4.47. The first kappa shape index (κ1) is 12.0. The molecule has 2 fully saturated rings. The molecule has 84 valence electrons. The maximum atomic E-state index is 3.46. The molecule has 0 amide bonds. The summed E-state index contributed by atoms with van der Waals surface area (Å²) in [7, 11) is 0. The van der Waals surface area contributed by atoms with Gasteiger partial charge in [0, 0.05) is 0 Å². The molecule has 14 heavy (non-hydrogen) atoms. The highest BCUT2D eigenvalue weighted by Gasteiger charge is 2.49. The van der Waals surface area contributed by atoms with Crippen LogP contribution in [-0.2, 0) is 0 Å². The SMILES string of the molecule is CC.CCC1CC2(CCNCC2)C1C. The fourth-order valence-electron chi connectivity index (χ4n) is 3.31. The lowest BCUT2D eigenvalue weighted by atomic mass is 9.50. The molecule has 2 atom stereocenters. The number of rotatable bonds is 1. The van der Waals surface area contributed by atoms with Crippen LogP contribution in [0.4, 0.5) is 0 Å². The molecule has 1 saturated heterocycles. The van der Waals surface area contributed by atoms with Crippen LogP contribution in [0.5, 0.6) is 0 Å². The Hall–Kier alpha value is -0.0400. The highest BCUT2D eigenvalue weighted by Crippen LogP contribution is 2.57. The topological polar surface area (TPSA) is 12.0 Å². The molecule has 0 bridgehead atoms. The summed E-state index contributed by atoms with van der Waals surface area (Å²) in [6, 6.07) is 0. The quantitative estimate of drug-likeness (QED) is 0.679. The Balaban J connectivity index is 0.000000461. The Morgan fingerprint density at radius 1 is 1.21 bits per heavy atom. The molecule has 1 aliphatic carbocycles. The molecule has 1 N–H and O–H groups in total. The summed E-state index contributed by atoms with van der Waals surface area (Å²) in [6.07, 6.45) is 5.79. The Morgan fingerprint density at radius 2 is 1.79 bits per heavy atom. The number of hydrogen-bond donors (Lipinski definition) is 1. The van der Waals surface area contributed by atoms with E-state index in [1.165, 1.54) is 38.8 Å². The average molecular weight is 197 g/mol. The van der Waals surface area contributed by atoms with Crippen LogP contribution >= 0.6 is 0 Å². The first-order valence-corrected chi connectivity index (χ1v) is 6.49. The highest BCUT2D eigenvalue weighted by molar-refractivity contribution is 5.00. The van der Waals surface area contributed by atoms with Gasteiger partial charge in [-0.05, 0) is 49.6 Å². The zero-order valence-corrected chi connectivity index (χ0v) is 10.4. The molecule has 2 aliphatic rings. The second-order valence-corrected chi connectivity index (χ2v) is 4.77. The molecule has 0 aromatic heterocycles. The van der Waals surface area contributed by atoms with Crippen molar-refractivity contribution in [2.24, 2.45) is 17.3 Å². The third kappa shape index (κ3) is 1.98. The van der Waals surface area contributed by atoms with Crippen molar-refractivity contribution in [2.45, 2.75) is 53.4 Å². The van der Waals surface area contributed by atoms with Gasteiger partial charge in [-0.1, -0.05) is 34.1 Å². The van der Waals surface area contributed by atoms with E-state index >= 15 is 0 Å².